The van der Waals surface area contributed by atoms with Crippen LogP contribution in [0.2, 0.25) is 0 Å². The molecule has 0 bridgehead atoms. The quantitative estimate of drug-likeness (QED) is 0.487. The molecule has 0 radical (unpaired) electrons. The van der Waals surface area contributed by atoms with Crippen molar-refractivity contribution in [3.63, 3.8) is 0 Å². The molecule has 7 nitrogen and oxygen atoms in total. The molecule has 0 aliphatic heterocycles. The highest BCUT2D eigenvalue weighted by Crippen LogP contribution is 2.28. The molecule has 2 N–H and O–H groups in total. The van der Waals surface area contributed by atoms with Gasteiger partial charge in [0.05, 0.1) is 18.7 Å². The lowest BCUT2D eigenvalue weighted by molar-refractivity contribution is 0.415. The number of methoxy groups -OCH3 is 1. The van der Waals surface area contributed by atoms with E-state index in [2.05, 4.69) is 52.8 Å². The molecule has 8 heteroatoms. The van der Waals surface area contributed by atoms with Gasteiger partial charge in [-0.15, -0.1) is 12.4 Å². The zero-order valence-corrected chi connectivity index (χ0v) is 17.5. The predicted octanol–water partition coefficient (Wildman–Crippen LogP) is 4.90. The van der Waals surface area contributed by atoms with Gasteiger partial charge in [-0.3, -0.25) is 4.68 Å². The highest BCUT2D eigenvalue weighted by atomic mass is 35.5. The van der Waals surface area contributed by atoms with Crippen LogP contribution < -0.4 is 15.4 Å². The topological polar surface area (TPSA) is 76.9 Å². The smallest absolute Gasteiger partial charge is 0.231 e. The van der Waals surface area contributed by atoms with Gasteiger partial charge in [0, 0.05) is 24.5 Å². The van der Waals surface area contributed by atoms with E-state index in [9.17, 15) is 0 Å². The highest BCUT2D eigenvalue weighted by molar-refractivity contribution is 5.90. The summed E-state index contributed by atoms with van der Waals surface area (Å²) >= 11 is 0. The molecule has 2 aromatic heterocycles. The van der Waals surface area contributed by atoms with Crippen molar-refractivity contribution >= 4 is 46.6 Å². The van der Waals surface area contributed by atoms with Crippen LogP contribution in [0.1, 0.15) is 11.1 Å². The average Bonchev–Trinajstić information content (AvgIpc) is 3.05. The molecule has 29 heavy (non-hydrogen) atoms. The van der Waals surface area contributed by atoms with E-state index in [1.807, 2.05) is 31.3 Å². The molecule has 0 aliphatic rings. The second kappa shape index (κ2) is 8.36. The Labute approximate surface area is 175 Å². The van der Waals surface area contributed by atoms with E-state index in [1.165, 1.54) is 5.56 Å². The first-order valence-corrected chi connectivity index (χ1v) is 8.98. The minimum atomic E-state index is 0. The largest absolute Gasteiger partial charge is 0.497 e. The lowest BCUT2D eigenvalue weighted by Gasteiger charge is -2.13. The number of nitrogens with zero attached hydrogens (tertiary/aromatic N) is 4. The average molecular weight is 411 g/mol. The van der Waals surface area contributed by atoms with E-state index in [-0.39, 0.29) is 12.4 Å². The van der Waals surface area contributed by atoms with E-state index in [0.29, 0.717) is 11.8 Å². The van der Waals surface area contributed by atoms with Crippen LogP contribution in [0.3, 0.4) is 0 Å². The Morgan fingerprint density at radius 1 is 1.00 bits per heavy atom. The zero-order chi connectivity index (χ0) is 19.7. The standard InChI is InChI=1S/C21H22N6O.ClH/c1-13-8-9-18(14(2)10-13)24-19-17-12-22-27(3)20(17)26-21(25-19)23-15-6-5-7-16(11-15)28-4;/h5-12H,1-4H3,(H2,23,24,25,26);1H. The van der Waals surface area contributed by atoms with Crippen molar-refractivity contribution in [1.29, 1.82) is 0 Å². The maximum absolute atomic E-state index is 5.29. The Kier molecular flexibility index (Phi) is 5.89. The van der Waals surface area contributed by atoms with Gasteiger partial charge < -0.3 is 15.4 Å². The second-order valence-corrected chi connectivity index (χ2v) is 6.70. The number of ether oxygens (including phenoxy) is 1. The van der Waals surface area contributed by atoms with Gasteiger partial charge in [0.25, 0.3) is 0 Å². The molecule has 2 aromatic carbocycles. The van der Waals surface area contributed by atoms with Crippen molar-refractivity contribution < 1.29 is 4.74 Å². The van der Waals surface area contributed by atoms with Crippen molar-refractivity contribution in [3.8, 4) is 5.75 Å². The number of fused-ring (bicyclic) bond motifs is 1. The Bertz CT molecular complexity index is 1160. The Balaban J connectivity index is 0.00000240. The molecular formula is C21H23ClN6O. The number of benzene rings is 2. The van der Waals surface area contributed by atoms with Crippen molar-refractivity contribution in [2.24, 2.45) is 7.05 Å². The van der Waals surface area contributed by atoms with Gasteiger partial charge in [0.1, 0.15) is 11.6 Å². The van der Waals surface area contributed by atoms with E-state index in [4.69, 9.17) is 9.72 Å². The van der Waals surface area contributed by atoms with E-state index < -0.39 is 0 Å². The molecule has 0 aliphatic carbocycles. The van der Waals surface area contributed by atoms with E-state index in [0.717, 1.165) is 33.7 Å². The molecule has 4 rings (SSSR count). The minimum absolute atomic E-state index is 0. The van der Waals surface area contributed by atoms with Crippen LogP contribution in [0.4, 0.5) is 23.1 Å². The van der Waals surface area contributed by atoms with Crippen LogP contribution in [-0.4, -0.2) is 26.9 Å². The number of hydrogen-bond acceptors (Lipinski definition) is 6. The molecule has 0 spiro atoms. The normalized spacial score (nSPS) is 10.5. The van der Waals surface area contributed by atoms with Gasteiger partial charge in [-0.1, -0.05) is 23.8 Å². The third-order valence-corrected chi connectivity index (χ3v) is 4.55. The molecule has 150 valence electrons. The number of nitrogens with one attached hydrogen (secondary N) is 2. The van der Waals surface area contributed by atoms with E-state index in [1.54, 1.807) is 18.0 Å². The van der Waals surface area contributed by atoms with Crippen LogP contribution in [0, 0.1) is 13.8 Å². The molecule has 4 aromatic rings. The number of aromatic nitrogens is 4. The van der Waals surface area contributed by atoms with Crippen LogP contribution in [0.5, 0.6) is 5.75 Å². The number of aryl methyl sites for hydroxylation is 3. The van der Waals surface area contributed by atoms with Crippen molar-refractivity contribution in [1.82, 2.24) is 19.7 Å². The zero-order valence-electron chi connectivity index (χ0n) is 16.7. The third-order valence-electron chi connectivity index (χ3n) is 4.55. The second-order valence-electron chi connectivity index (χ2n) is 6.70. The van der Waals surface area contributed by atoms with Crippen LogP contribution in [0.25, 0.3) is 11.0 Å². The number of rotatable bonds is 5. The van der Waals surface area contributed by atoms with Gasteiger partial charge in [-0.25, -0.2) is 0 Å². The summed E-state index contributed by atoms with van der Waals surface area (Å²) in [6.45, 7) is 4.16. The lowest BCUT2D eigenvalue weighted by Crippen LogP contribution is -2.04. The van der Waals surface area contributed by atoms with Crippen LogP contribution >= 0.6 is 12.4 Å². The predicted molar refractivity (Wildman–Crippen MR) is 119 cm³/mol. The molecule has 0 fully saturated rings. The maximum atomic E-state index is 5.29. The number of hydrogen-bond donors (Lipinski definition) is 2. The third kappa shape index (κ3) is 4.25. The maximum Gasteiger partial charge on any atom is 0.231 e. The summed E-state index contributed by atoms with van der Waals surface area (Å²) in [5, 5.41) is 11.9. The molecule has 0 unspecified atom stereocenters. The van der Waals surface area contributed by atoms with Gasteiger partial charge in [-0.05, 0) is 37.6 Å². The Morgan fingerprint density at radius 2 is 1.83 bits per heavy atom. The van der Waals surface area contributed by atoms with Gasteiger partial charge in [0.2, 0.25) is 5.95 Å². The van der Waals surface area contributed by atoms with Crippen LogP contribution in [0.15, 0.2) is 48.7 Å². The van der Waals surface area contributed by atoms with Crippen molar-refractivity contribution in [2.45, 2.75) is 13.8 Å². The summed E-state index contributed by atoms with van der Waals surface area (Å²) in [5.74, 6) is 1.95. The van der Waals surface area contributed by atoms with Crippen LogP contribution in [-0.2, 0) is 7.05 Å². The Morgan fingerprint density at radius 3 is 2.59 bits per heavy atom. The fourth-order valence-electron chi connectivity index (χ4n) is 3.08. The van der Waals surface area contributed by atoms with Crippen molar-refractivity contribution in [2.75, 3.05) is 17.7 Å². The molecule has 0 amide bonds. The Hall–Kier alpha value is -3.32. The monoisotopic (exact) mass is 410 g/mol. The molecule has 0 saturated carbocycles. The number of halogens is 1. The summed E-state index contributed by atoms with van der Waals surface area (Å²) in [6, 6.07) is 13.9. The fraction of sp³-hybridized carbons (Fsp3) is 0.190. The van der Waals surface area contributed by atoms with Gasteiger partial charge in [-0.2, -0.15) is 15.1 Å². The summed E-state index contributed by atoms with van der Waals surface area (Å²) in [4.78, 5) is 9.32. The van der Waals surface area contributed by atoms with Gasteiger partial charge >= 0.3 is 0 Å². The first-order valence-electron chi connectivity index (χ1n) is 8.98. The van der Waals surface area contributed by atoms with E-state index >= 15 is 0 Å². The lowest BCUT2D eigenvalue weighted by atomic mass is 10.1. The molecule has 0 atom stereocenters. The summed E-state index contributed by atoms with van der Waals surface area (Å²) in [7, 11) is 3.51. The summed E-state index contributed by atoms with van der Waals surface area (Å²) in [5.41, 5.74) is 4.96. The van der Waals surface area contributed by atoms with Crippen molar-refractivity contribution in [3.05, 3.63) is 59.8 Å². The minimum Gasteiger partial charge on any atom is -0.497 e. The number of anilines is 4. The highest BCUT2D eigenvalue weighted by Gasteiger charge is 2.13. The first kappa shape index (κ1) is 20.4. The summed E-state index contributed by atoms with van der Waals surface area (Å²) < 4.78 is 7.02. The SMILES string of the molecule is COc1cccc(Nc2nc(Nc3ccc(C)cc3C)c3cnn(C)c3n2)c1.Cl. The summed E-state index contributed by atoms with van der Waals surface area (Å²) in [6.07, 6.45) is 1.77. The fourth-order valence-corrected chi connectivity index (χ4v) is 3.08. The molecule has 2 heterocycles. The molecule has 0 saturated heterocycles. The molecular weight excluding hydrogens is 388 g/mol. The first-order chi connectivity index (χ1) is 13.5. The van der Waals surface area contributed by atoms with Gasteiger partial charge in [0.15, 0.2) is 5.65 Å².